The Morgan fingerprint density at radius 2 is 2.15 bits per heavy atom. The van der Waals surface area contributed by atoms with Gasteiger partial charge in [0, 0.05) is 18.4 Å². The van der Waals surface area contributed by atoms with Crippen LogP contribution in [0, 0.1) is 0 Å². The van der Waals surface area contributed by atoms with Gasteiger partial charge in [-0.2, -0.15) is 0 Å². The molecule has 1 N–H and O–H groups in total. The van der Waals surface area contributed by atoms with Gasteiger partial charge < -0.3 is 5.32 Å². The van der Waals surface area contributed by atoms with Crippen LogP contribution in [0.5, 0.6) is 0 Å². The van der Waals surface area contributed by atoms with Crippen LogP contribution >= 0.6 is 0 Å². The van der Waals surface area contributed by atoms with E-state index in [-0.39, 0.29) is 0 Å². The molecule has 2 atom stereocenters. The van der Waals surface area contributed by atoms with E-state index in [2.05, 4.69) is 22.2 Å². The fraction of sp³-hybridized carbons (Fsp3) is 0.600. The van der Waals surface area contributed by atoms with E-state index in [1.165, 1.54) is 18.4 Å². The Hall–Kier alpha value is -0.960. The lowest BCUT2D eigenvalue weighted by Gasteiger charge is -2.27. The first-order chi connectivity index (χ1) is 6.36. The SMILES string of the molecule is CC1CC(c2cncnc2)CCN1. The molecule has 70 valence electrons. The Morgan fingerprint density at radius 3 is 2.85 bits per heavy atom. The zero-order valence-corrected chi connectivity index (χ0v) is 7.90. The lowest BCUT2D eigenvalue weighted by atomic mass is 9.88. The molecule has 3 heteroatoms. The predicted molar refractivity (Wildman–Crippen MR) is 51.5 cm³/mol. The van der Waals surface area contributed by atoms with E-state index in [4.69, 9.17) is 0 Å². The zero-order chi connectivity index (χ0) is 9.10. The number of piperidine rings is 1. The van der Waals surface area contributed by atoms with Crippen LogP contribution in [0.1, 0.15) is 31.2 Å². The van der Waals surface area contributed by atoms with Crippen molar-refractivity contribution in [2.24, 2.45) is 0 Å². The van der Waals surface area contributed by atoms with Gasteiger partial charge in [0.25, 0.3) is 0 Å². The molecule has 1 aromatic heterocycles. The van der Waals surface area contributed by atoms with E-state index >= 15 is 0 Å². The fourth-order valence-corrected chi connectivity index (χ4v) is 1.96. The van der Waals surface area contributed by atoms with Gasteiger partial charge in [-0.25, -0.2) is 9.97 Å². The number of rotatable bonds is 1. The molecular weight excluding hydrogens is 162 g/mol. The van der Waals surface area contributed by atoms with E-state index in [0.29, 0.717) is 12.0 Å². The molecule has 1 aliphatic heterocycles. The largest absolute Gasteiger partial charge is 0.314 e. The summed E-state index contributed by atoms with van der Waals surface area (Å²) in [5.41, 5.74) is 1.29. The van der Waals surface area contributed by atoms with Crippen molar-refractivity contribution in [3.05, 3.63) is 24.3 Å². The summed E-state index contributed by atoms with van der Waals surface area (Å²) in [6, 6.07) is 0.624. The maximum absolute atomic E-state index is 4.05. The quantitative estimate of drug-likeness (QED) is 0.703. The summed E-state index contributed by atoms with van der Waals surface area (Å²) in [6.07, 6.45) is 7.88. The summed E-state index contributed by atoms with van der Waals surface area (Å²) in [6.45, 7) is 3.34. The zero-order valence-electron chi connectivity index (χ0n) is 7.90. The molecule has 3 nitrogen and oxygen atoms in total. The van der Waals surface area contributed by atoms with Crippen molar-refractivity contribution < 1.29 is 0 Å². The minimum Gasteiger partial charge on any atom is -0.314 e. The molecule has 13 heavy (non-hydrogen) atoms. The summed E-state index contributed by atoms with van der Waals surface area (Å²) >= 11 is 0. The van der Waals surface area contributed by atoms with Crippen LogP contribution in [0.2, 0.25) is 0 Å². The first-order valence-electron chi connectivity index (χ1n) is 4.84. The Kier molecular flexibility index (Phi) is 2.54. The van der Waals surface area contributed by atoms with E-state index in [1.54, 1.807) is 6.33 Å². The van der Waals surface area contributed by atoms with Crippen LogP contribution in [0.3, 0.4) is 0 Å². The summed E-state index contributed by atoms with van der Waals surface area (Å²) in [5.74, 6) is 0.650. The van der Waals surface area contributed by atoms with Crippen LogP contribution in [0.4, 0.5) is 0 Å². The van der Waals surface area contributed by atoms with E-state index < -0.39 is 0 Å². The van der Waals surface area contributed by atoms with Crippen LogP contribution < -0.4 is 5.32 Å². The molecule has 0 aliphatic carbocycles. The lowest BCUT2D eigenvalue weighted by Crippen LogP contribution is -2.34. The smallest absolute Gasteiger partial charge is 0.115 e. The van der Waals surface area contributed by atoms with Crippen molar-refractivity contribution in [1.29, 1.82) is 0 Å². The third-order valence-electron chi connectivity index (χ3n) is 2.68. The molecule has 1 aromatic rings. The van der Waals surface area contributed by atoms with Crippen LogP contribution in [-0.4, -0.2) is 22.6 Å². The minimum atomic E-state index is 0.624. The molecule has 1 fully saturated rings. The van der Waals surface area contributed by atoms with Crippen LogP contribution in [0.15, 0.2) is 18.7 Å². The van der Waals surface area contributed by atoms with Gasteiger partial charge in [-0.3, -0.25) is 0 Å². The molecule has 0 saturated carbocycles. The van der Waals surface area contributed by atoms with E-state index in [9.17, 15) is 0 Å². The maximum atomic E-state index is 4.05. The third kappa shape index (κ3) is 2.04. The molecule has 2 rings (SSSR count). The second-order valence-corrected chi connectivity index (χ2v) is 3.75. The highest BCUT2D eigenvalue weighted by Gasteiger charge is 2.19. The van der Waals surface area contributed by atoms with Gasteiger partial charge in [0.2, 0.25) is 0 Å². The monoisotopic (exact) mass is 177 g/mol. The summed E-state index contributed by atoms with van der Waals surface area (Å²) in [7, 11) is 0. The van der Waals surface area contributed by atoms with Crippen molar-refractivity contribution in [3.63, 3.8) is 0 Å². The number of hydrogen-bond acceptors (Lipinski definition) is 3. The molecular formula is C10H15N3. The van der Waals surface area contributed by atoms with Gasteiger partial charge in [0.1, 0.15) is 6.33 Å². The molecule has 0 bridgehead atoms. The fourth-order valence-electron chi connectivity index (χ4n) is 1.96. The number of hydrogen-bond donors (Lipinski definition) is 1. The Labute approximate surface area is 78.6 Å². The molecule has 1 aliphatic rings. The van der Waals surface area contributed by atoms with Crippen molar-refractivity contribution in [2.75, 3.05) is 6.54 Å². The molecule has 2 unspecified atom stereocenters. The van der Waals surface area contributed by atoms with Gasteiger partial charge in [-0.1, -0.05) is 0 Å². The van der Waals surface area contributed by atoms with Crippen molar-refractivity contribution in [2.45, 2.75) is 31.7 Å². The third-order valence-corrected chi connectivity index (χ3v) is 2.68. The van der Waals surface area contributed by atoms with Crippen molar-refractivity contribution in [1.82, 2.24) is 15.3 Å². The Morgan fingerprint density at radius 1 is 1.38 bits per heavy atom. The summed E-state index contributed by atoms with van der Waals surface area (Å²) < 4.78 is 0. The molecule has 0 radical (unpaired) electrons. The molecule has 0 aromatic carbocycles. The van der Waals surface area contributed by atoms with E-state index in [0.717, 1.165) is 6.54 Å². The van der Waals surface area contributed by atoms with E-state index in [1.807, 2.05) is 12.4 Å². The predicted octanol–water partition coefficient (Wildman–Crippen LogP) is 1.33. The number of aromatic nitrogens is 2. The maximum Gasteiger partial charge on any atom is 0.115 e. The first-order valence-corrected chi connectivity index (χ1v) is 4.84. The number of nitrogens with zero attached hydrogens (tertiary/aromatic N) is 2. The second-order valence-electron chi connectivity index (χ2n) is 3.75. The van der Waals surface area contributed by atoms with Gasteiger partial charge in [0.15, 0.2) is 0 Å². The standard InChI is InChI=1S/C10H15N3/c1-8-4-9(2-3-13-8)10-5-11-7-12-6-10/h5-9,13H,2-4H2,1H3. The van der Waals surface area contributed by atoms with Crippen LogP contribution in [-0.2, 0) is 0 Å². The molecule has 0 spiro atoms. The first kappa shape index (κ1) is 8.63. The van der Waals surface area contributed by atoms with Gasteiger partial charge in [0.05, 0.1) is 0 Å². The highest BCUT2D eigenvalue weighted by atomic mass is 14.9. The van der Waals surface area contributed by atoms with Crippen molar-refractivity contribution in [3.8, 4) is 0 Å². The Bertz CT molecular complexity index is 260. The normalized spacial score (nSPS) is 28.7. The lowest BCUT2D eigenvalue weighted by molar-refractivity contribution is 0.380. The summed E-state index contributed by atoms with van der Waals surface area (Å²) in [4.78, 5) is 8.11. The average molecular weight is 177 g/mol. The highest BCUT2D eigenvalue weighted by molar-refractivity contribution is 5.11. The average Bonchev–Trinajstić information content (AvgIpc) is 2.19. The second kappa shape index (κ2) is 3.83. The Balaban J connectivity index is 2.08. The topological polar surface area (TPSA) is 37.8 Å². The summed E-state index contributed by atoms with van der Waals surface area (Å²) in [5, 5.41) is 3.44. The highest BCUT2D eigenvalue weighted by Crippen LogP contribution is 2.25. The van der Waals surface area contributed by atoms with Gasteiger partial charge >= 0.3 is 0 Å². The molecule has 0 amide bonds. The van der Waals surface area contributed by atoms with Gasteiger partial charge in [-0.05, 0) is 37.8 Å². The van der Waals surface area contributed by atoms with Crippen LogP contribution in [0.25, 0.3) is 0 Å². The number of nitrogens with one attached hydrogen (secondary N) is 1. The van der Waals surface area contributed by atoms with Gasteiger partial charge in [-0.15, -0.1) is 0 Å². The molecule has 2 heterocycles. The van der Waals surface area contributed by atoms with Crippen molar-refractivity contribution >= 4 is 0 Å². The molecule has 1 saturated heterocycles. The minimum absolute atomic E-state index is 0.624.